The van der Waals surface area contributed by atoms with Crippen molar-refractivity contribution >= 4 is 17.4 Å². The van der Waals surface area contributed by atoms with Gasteiger partial charge in [-0.05, 0) is 30.7 Å². The summed E-state index contributed by atoms with van der Waals surface area (Å²) in [4.78, 5) is 10.1. The zero-order valence-corrected chi connectivity index (χ0v) is 11.6. The lowest BCUT2D eigenvalue weighted by molar-refractivity contribution is -0.385. The van der Waals surface area contributed by atoms with Crippen LogP contribution in [0.1, 0.15) is 24.8 Å². The van der Waals surface area contributed by atoms with Gasteiger partial charge in [0.25, 0.3) is 5.69 Å². The molecule has 1 aliphatic carbocycles. The quantitative estimate of drug-likeness (QED) is 0.667. The topological polar surface area (TPSA) is 55.2 Å². The average Bonchev–Trinajstić information content (AvgIpc) is 2.83. The van der Waals surface area contributed by atoms with E-state index in [4.69, 9.17) is 0 Å². The highest BCUT2D eigenvalue weighted by Gasteiger charge is 2.25. The van der Waals surface area contributed by atoms with Crippen molar-refractivity contribution in [3.8, 4) is 0 Å². The van der Waals surface area contributed by atoms with Gasteiger partial charge < -0.3 is 5.32 Å². The first-order valence-electron chi connectivity index (χ1n) is 6.30. The number of nitro groups is 1. The number of halogens is 1. The first-order valence-corrected chi connectivity index (χ1v) is 7.59. The molecule has 2 rings (SSSR count). The van der Waals surface area contributed by atoms with Crippen molar-refractivity contribution in [3.63, 3.8) is 0 Å². The van der Waals surface area contributed by atoms with Gasteiger partial charge in [-0.25, -0.2) is 4.39 Å². The fourth-order valence-electron chi connectivity index (χ4n) is 2.53. The second-order valence-electron chi connectivity index (χ2n) is 4.77. The molecule has 1 N–H and O–H groups in total. The van der Waals surface area contributed by atoms with Crippen molar-refractivity contribution in [2.45, 2.75) is 37.1 Å². The highest BCUT2D eigenvalue weighted by Crippen LogP contribution is 2.28. The average molecular weight is 284 g/mol. The molecule has 1 fully saturated rings. The first-order chi connectivity index (χ1) is 9.10. The fraction of sp³-hybridized carbons (Fsp3) is 0.538. The van der Waals surface area contributed by atoms with E-state index in [1.807, 2.05) is 11.8 Å². The molecular formula is C13H17FN2O2S. The Morgan fingerprint density at radius 2 is 2.26 bits per heavy atom. The van der Waals surface area contributed by atoms with Crippen molar-refractivity contribution in [1.29, 1.82) is 0 Å². The number of hydrogen-bond acceptors (Lipinski definition) is 4. The van der Waals surface area contributed by atoms with E-state index in [0.717, 1.165) is 12.5 Å². The van der Waals surface area contributed by atoms with Gasteiger partial charge in [0, 0.05) is 23.9 Å². The Morgan fingerprint density at radius 1 is 1.47 bits per heavy atom. The molecule has 6 heteroatoms. The molecule has 0 saturated heterocycles. The fourth-order valence-corrected chi connectivity index (χ4v) is 3.49. The maximum absolute atomic E-state index is 13.3. The Balaban J connectivity index is 2.01. The number of benzene rings is 1. The zero-order chi connectivity index (χ0) is 13.8. The number of non-ortho nitro benzene ring substituents is 1. The summed E-state index contributed by atoms with van der Waals surface area (Å²) in [7, 11) is 0. The molecule has 4 nitrogen and oxygen atoms in total. The van der Waals surface area contributed by atoms with Crippen molar-refractivity contribution in [2.24, 2.45) is 0 Å². The maximum atomic E-state index is 13.3. The molecule has 1 aromatic rings. The van der Waals surface area contributed by atoms with Gasteiger partial charge in [0.15, 0.2) is 0 Å². The third-order valence-corrected chi connectivity index (χ3v) is 4.65. The molecular weight excluding hydrogens is 267 g/mol. The molecule has 0 aliphatic heterocycles. The molecule has 0 aromatic heterocycles. The summed E-state index contributed by atoms with van der Waals surface area (Å²) in [5.74, 6) is -0.557. The summed E-state index contributed by atoms with van der Waals surface area (Å²) < 4.78 is 13.3. The van der Waals surface area contributed by atoms with E-state index in [1.54, 1.807) is 0 Å². The van der Waals surface area contributed by atoms with Gasteiger partial charge in [0.2, 0.25) is 0 Å². The first kappa shape index (κ1) is 14.3. The van der Waals surface area contributed by atoms with Crippen LogP contribution in [-0.2, 0) is 6.54 Å². The van der Waals surface area contributed by atoms with E-state index < -0.39 is 10.7 Å². The van der Waals surface area contributed by atoms with E-state index in [9.17, 15) is 14.5 Å². The minimum Gasteiger partial charge on any atom is -0.309 e. The van der Waals surface area contributed by atoms with Gasteiger partial charge in [0.05, 0.1) is 11.0 Å². The van der Waals surface area contributed by atoms with E-state index in [2.05, 4.69) is 11.6 Å². The van der Waals surface area contributed by atoms with Crippen LogP contribution in [0.5, 0.6) is 0 Å². The number of rotatable bonds is 5. The van der Waals surface area contributed by atoms with Gasteiger partial charge in [-0.2, -0.15) is 11.8 Å². The van der Waals surface area contributed by atoms with Crippen molar-refractivity contribution in [1.82, 2.24) is 5.32 Å². The minimum atomic E-state index is -0.563. The monoisotopic (exact) mass is 284 g/mol. The zero-order valence-electron chi connectivity index (χ0n) is 10.8. The van der Waals surface area contributed by atoms with Crippen LogP contribution in [0, 0.1) is 15.9 Å². The van der Waals surface area contributed by atoms with Gasteiger partial charge in [0.1, 0.15) is 5.82 Å². The van der Waals surface area contributed by atoms with Crippen LogP contribution < -0.4 is 5.32 Å². The molecule has 0 heterocycles. The molecule has 0 radical (unpaired) electrons. The Labute approximate surface area is 115 Å². The van der Waals surface area contributed by atoms with Crippen LogP contribution in [0.15, 0.2) is 18.2 Å². The predicted molar refractivity (Wildman–Crippen MR) is 74.8 cm³/mol. The molecule has 2 unspecified atom stereocenters. The normalized spacial score (nSPS) is 22.6. The van der Waals surface area contributed by atoms with Crippen LogP contribution >= 0.6 is 11.8 Å². The second-order valence-corrected chi connectivity index (χ2v) is 5.84. The van der Waals surface area contributed by atoms with E-state index in [-0.39, 0.29) is 5.69 Å². The number of nitrogens with one attached hydrogen (secondary N) is 1. The standard InChI is InChI=1S/C13H17FN2O2S/c1-19-13-4-2-3-12(13)15-8-9-5-10(14)7-11(6-9)16(17)18/h5-7,12-13,15H,2-4,8H2,1H3. The van der Waals surface area contributed by atoms with E-state index in [0.29, 0.717) is 23.4 Å². The number of thioether (sulfide) groups is 1. The van der Waals surface area contributed by atoms with Crippen LogP contribution in [0.3, 0.4) is 0 Å². The summed E-state index contributed by atoms with van der Waals surface area (Å²) in [5.41, 5.74) is 0.433. The van der Waals surface area contributed by atoms with Gasteiger partial charge in [-0.15, -0.1) is 0 Å². The van der Waals surface area contributed by atoms with Crippen molar-refractivity contribution < 1.29 is 9.31 Å². The van der Waals surface area contributed by atoms with Gasteiger partial charge in [-0.1, -0.05) is 6.42 Å². The maximum Gasteiger partial charge on any atom is 0.272 e. The summed E-state index contributed by atoms with van der Waals surface area (Å²) >= 11 is 1.84. The molecule has 0 amide bonds. The minimum absolute atomic E-state index is 0.190. The SMILES string of the molecule is CSC1CCCC1NCc1cc(F)cc([N+](=O)[O-])c1. The smallest absolute Gasteiger partial charge is 0.272 e. The highest BCUT2D eigenvalue weighted by molar-refractivity contribution is 7.99. The number of hydrogen-bond donors (Lipinski definition) is 1. The summed E-state index contributed by atoms with van der Waals surface area (Å²) in [6.45, 7) is 0.473. The molecule has 0 bridgehead atoms. The van der Waals surface area contributed by atoms with Gasteiger partial charge >= 0.3 is 0 Å². The highest BCUT2D eigenvalue weighted by atomic mass is 32.2. The Hall–Kier alpha value is -1.14. The third kappa shape index (κ3) is 3.67. The van der Waals surface area contributed by atoms with E-state index in [1.165, 1.54) is 25.0 Å². The lowest BCUT2D eigenvalue weighted by Gasteiger charge is -2.19. The molecule has 2 atom stereocenters. The third-order valence-electron chi connectivity index (χ3n) is 3.48. The number of nitro benzene ring substituents is 1. The summed E-state index contributed by atoms with van der Waals surface area (Å²) in [5, 5.41) is 14.6. The summed E-state index contributed by atoms with van der Waals surface area (Å²) in [6.07, 6.45) is 5.61. The molecule has 0 spiro atoms. The van der Waals surface area contributed by atoms with Crippen molar-refractivity contribution in [2.75, 3.05) is 6.26 Å². The Kier molecular flexibility index (Phi) is 4.76. The largest absolute Gasteiger partial charge is 0.309 e. The molecule has 1 aromatic carbocycles. The van der Waals surface area contributed by atoms with Crippen molar-refractivity contribution in [3.05, 3.63) is 39.7 Å². The Bertz CT molecular complexity index is 470. The second kappa shape index (κ2) is 6.34. The number of nitrogens with zero attached hydrogens (tertiary/aromatic N) is 1. The van der Waals surface area contributed by atoms with Gasteiger partial charge in [-0.3, -0.25) is 10.1 Å². The molecule has 1 saturated carbocycles. The summed E-state index contributed by atoms with van der Waals surface area (Å²) in [6, 6.07) is 4.14. The van der Waals surface area contributed by atoms with Crippen LogP contribution in [-0.4, -0.2) is 22.5 Å². The Morgan fingerprint density at radius 3 is 2.95 bits per heavy atom. The van der Waals surface area contributed by atoms with E-state index >= 15 is 0 Å². The molecule has 19 heavy (non-hydrogen) atoms. The predicted octanol–water partition coefficient (Wildman–Crippen LogP) is 3.11. The molecule has 1 aliphatic rings. The lowest BCUT2D eigenvalue weighted by Crippen LogP contribution is -2.33. The van der Waals surface area contributed by atoms with Crippen LogP contribution in [0.2, 0.25) is 0 Å². The van der Waals surface area contributed by atoms with Crippen LogP contribution in [0.25, 0.3) is 0 Å². The lowest BCUT2D eigenvalue weighted by atomic mass is 10.1. The molecule has 104 valence electrons. The van der Waals surface area contributed by atoms with Crippen LogP contribution in [0.4, 0.5) is 10.1 Å².